The molecule has 0 saturated heterocycles. The van der Waals surface area contributed by atoms with Crippen LogP contribution < -0.4 is 14.5 Å². The Morgan fingerprint density at radius 2 is 1.60 bits per heavy atom. The minimum Gasteiger partial charge on any atom is -0.504 e. The van der Waals surface area contributed by atoms with Crippen LogP contribution in [0.25, 0.3) is 38.9 Å². The van der Waals surface area contributed by atoms with Gasteiger partial charge in [-0.25, -0.2) is 15.0 Å². The van der Waals surface area contributed by atoms with Gasteiger partial charge >= 0.3 is 0 Å². The number of fused-ring (bicyclic) bond motifs is 4. The molecule has 0 amide bonds. The van der Waals surface area contributed by atoms with Crippen molar-refractivity contribution < 1.29 is 25.8 Å². The van der Waals surface area contributed by atoms with Gasteiger partial charge in [0, 0.05) is 67.9 Å². The Bertz CT molecular complexity index is 2240. The number of hydrogen-bond donors (Lipinski definition) is 0. The molecule has 0 unspecified atom stereocenters. The second-order valence-corrected chi connectivity index (χ2v) is 12.4. The number of benzene rings is 3. The van der Waals surface area contributed by atoms with Crippen molar-refractivity contribution in [3.8, 4) is 28.7 Å². The Kier molecular flexibility index (Phi) is 7.77. The molecule has 0 radical (unpaired) electrons. The first-order chi connectivity index (χ1) is 22.3. The van der Waals surface area contributed by atoms with Crippen molar-refractivity contribution in [1.82, 2.24) is 24.5 Å². The number of aromatic nitrogens is 5. The zero-order chi connectivity index (χ0) is 31.4. The zero-order valence-electron chi connectivity index (χ0n) is 26.2. The molecule has 0 atom stereocenters. The van der Waals surface area contributed by atoms with Crippen molar-refractivity contribution in [3.05, 3.63) is 128 Å². The number of anilines is 3. The largest absolute Gasteiger partial charge is 0.504 e. The van der Waals surface area contributed by atoms with E-state index in [-0.39, 0.29) is 26.5 Å². The van der Waals surface area contributed by atoms with Crippen LogP contribution in [0, 0.1) is 18.8 Å². The second kappa shape index (κ2) is 11.9. The predicted molar refractivity (Wildman–Crippen MR) is 182 cm³/mol. The summed E-state index contributed by atoms with van der Waals surface area (Å²) in [5, 5.41) is 2.18. The number of nitrogens with zero attached hydrogens (tertiary/aromatic N) is 7. The maximum atomic E-state index is 6.48. The minimum absolute atomic E-state index is 0. The van der Waals surface area contributed by atoms with Gasteiger partial charge < -0.3 is 19.1 Å². The van der Waals surface area contributed by atoms with Crippen LogP contribution in [0.15, 0.2) is 104 Å². The van der Waals surface area contributed by atoms with E-state index >= 15 is 0 Å². The maximum Gasteiger partial charge on any atom is 0.135 e. The van der Waals surface area contributed by atoms with Crippen molar-refractivity contribution in [2.45, 2.75) is 26.2 Å². The van der Waals surface area contributed by atoms with E-state index in [0.29, 0.717) is 17.3 Å². The fourth-order valence-corrected chi connectivity index (χ4v) is 5.94. The number of rotatable bonds is 5. The van der Waals surface area contributed by atoms with Crippen LogP contribution >= 0.6 is 0 Å². The van der Waals surface area contributed by atoms with Crippen LogP contribution in [0.2, 0.25) is 0 Å². The van der Waals surface area contributed by atoms with Gasteiger partial charge in [0.2, 0.25) is 0 Å². The third kappa shape index (κ3) is 5.53. The Morgan fingerprint density at radius 3 is 2.40 bits per heavy atom. The predicted octanol–water partition coefficient (Wildman–Crippen LogP) is 8.43. The van der Waals surface area contributed by atoms with Crippen LogP contribution in [0.3, 0.4) is 0 Å². The fraction of sp³-hybridized carbons (Fsp3) is 0.132. The molecular weight excluding hydrogens is 766 g/mol. The second-order valence-electron chi connectivity index (χ2n) is 12.4. The number of para-hydroxylation sites is 3. The van der Waals surface area contributed by atoms with E-state index in [1.165, 1.54) is 11.9 Å². The van der Waals surface area contributed by atoms with E-state index in [2.05, 4.69) is 106 Å². The van der Waals surface area contributed by atoms with Gasteiger partial charge in [-0.1, -0.05) is 56.6 Å². The molecule has 9 heteroatoms. The average Bonchev–Trinajstić information content (AvgIpc) is 3.59. The number of ether oxygens (including phenoxy) is 1. The molecule has 8 rings (SSSR count). The Labute approximate surface area is 288 Å². The quantitative estimate of drug-likeness (QED) is 0.162. The molecule has 5 heterocycles. The molecule has 0 fully saturated rings. The van der Waals surface area contributed by atoms with Crippen molar-refractivity contribution in [1.29, 1.82) is 0 Å². The molecule has 0 aliphatic carbocycles. The normalized spacial score (nSPS) is 12.8. The summed E-state index contributed by atoms with van der Waals surface area (Å²) in [7, 11) is 2.03. The minimum atomic E-state index is -0.0233. The van der Waals surface area contributed by atoms with Crippen molar-refractivity contribution >= 4 is 38.9 Å². The van der Waals surface area contributed by atoms with Crippen LogP contribution in [0.5, 0.6) is 11.6 Å². The summed E-state index contributed by atoms with van der Waals surface area (Å²) < 4.78 is 8.63. The van der Waals surface area contributed by atoms with Crippen LogP contribution in [-0.2, 0) is 26.5 Å². The molecule has 1 aliphatic heterocycles. The van der Waals surface area contributed by atoms with E-state index < -0.39 is 0 Å². The van der Waals surface area contributed by atoms with Gasteiger partial charge in [-0.2, -0.15) is 30.6 Å². The van der Waals surface area contributed by atoms with E-state index in [1.807, 2.05) is 50.2 Å². The molecule has 47 heavy (non-hydrogen) atoms. The maximum absolute atomic E-state index is 6.48. The topological polar surface area (TPSA) is 72.2 Å². The first-order valence-electron chi connectivity index (χ1n) is 15.1. The monoisotopic (exact) mass is 795 g/mol. The van der Waals surface area contributed by atoms with Gasteiger partial charge in [0.05, 0.1) is 0 Å². The van der Waals surface area contributed by atoms with Crippen molar-refractivity contribution in [2.75, 3.05) is 16.8 Å². The molecule has 3 aromatic carbocycles. The summed E-state index contributed by atoms with van der Waals surface area (Å²) in [5.74, 6) is 1.66. The van der Waals surface area contributed by atoms with E-state index in [9.17, 15) is 0 Å². The summed E-state index contributed by atoms with van der Waals surface area (Å²) in [5.41, 5.74) is 7.45. The summed E-state index contributed by atoms with van der Waals surface area (Å²) in [6.45, 7) is 8.65. The fourth-order valence-electron chi connectivity index (χ4n) is 5.94. The molecule has 7 aromatic rings. The van der Waals surface area contributed by atoms with Gasteiger partial charge in [-0.3, -0.25) is 4.98 Å². The third-order valence-corrected chi connectivity index (χ3v) is 8.26. The molecule has 0 saturated carbocycles. The molecule has 8 nitrogen and oxygen atoms in total. The molecule has 0 spiro atoms. The third-order valence-electron chi connectivity index (χ3n) is 8.26. The Hall–Kier alpha value is -5.07. The van der Waals surface area contributed by atoms with E-state index in [1.54, 1.807) is 12.4 Å². The summed E-state index contributed by atoms with van der Waals surface area (Å²) in [6, 6.07) is 33.7. The zero-order valence-corrected chi connectivity index (χ0v) is 28.5. The van der Waals surface area contributed by atoms with Gasteiger partial charge in [0.15, 0.2) is 0 Å². The molecule has 0 bridgehead atoms. The summed E-state index contributed by atoms with van der Waals surface area (Å²) >= 11 is 0. The number of hydrogen-bond acceptors (Lipinski definition) is 7. The van der Waals surface area contributed by atoms with Crippen LogP contribution in [-0.4, -0.2) is 31.6 Å². The Morgan fingerprint density at radius 1 is 0.830 bits per heavy atom. The first-order valence-corrected chi connectivity index (χ1v) is 15.1. The smallest absolute Gasteiger partial charge is 0.135 e. The van der Waals surface area contributed by atoms with Gasteiger partial charge in [-0.15, -0.1) is 17.5 Å². The van der Waals surface area contributed by atoms with Crippen LogP contribution in [0.4, 0.5) is 17.1 Å². The van der Waals surface area contributed by atoms with E-state index in [4.69, 9.17) is 14.7 Å². The SMILES string of the molecule is CN1[CH-]N(c2[c-]c(Oc3[c-]c4c(cc3)c3ccccc3n4-c3cc(C(C)(C)C)ccn3)nc(-c3cncnc3)c2)c2ccccc21.[Pt]. The number of pyridine rings is 2. The van der Waals surface area contributed by atoms with E-state index in [0.717, 1.165) is 50.2 Å². The molecule has 1 aliphatic rings. The van der Waals surface area contributed by atoms with Gasteiger partial charge in [0.25, 0.3) is 0 Å². The summed E-state index contributed by atoms with van der Waals surface area (Å²) in [4.78, 5) is 22.2. The molecule has 4 aromatic heterocycles. The molecule has 236 valence electrons. The van der Waals surface area contributed by atoms with Crippen molar-refractivity contribution in [3.63, 3.8) is 0 Å². The molecule has 0 N–H and O–H groups in total. The standard InChI is InChI=1S/C38H30N7O.Pt/c1-38(2,3)26-15-16-41-36(17-26)45-32-10-6-5-9-29(32)30-14-13-28(20-35(30)45)46-37-19-27(18-31(42-37)25-21-39-23-40-22-25)44-24-43(4)33-11-7-8-12-34(33)44;/h5-18,21-24H,1-4H3;/q-3;. The summed E-state index contributed by atoms with van der Waals surface area (Å²) in [6.07, 6.45) is 6.87. The van der Waals surface area contributed by atoms with Crippen molar-refractivity contribution in [2.24, 2.45) is 0 Å². The average molecular weight is 796 g/mol. The van der Waals surface area contributed by atoms with Crippen LogP contribution in [0.1, 0.15) is 26.3 Å². The van der Waals surface area contributed by atoms with Gasteiger partial charge in [0.1, 0.15) is 18.0 Å². The van der Waals surface area contributed by atoms with Gasteiger partial charge in [-0.05, 0) is 59.4 Å². The Balaban J connectivity index is 0.00000351. The molecular formula is C38H30N7OPt-3. The first kappa shape index (κ1) is 30.6.